The van der Waals surface area contributed by atoms with E-state index < -0.39 is 11.8 Å². The van der Waals surface area contributed by atoms with Gasteiger partial charge in [-0.3, -0.25) is 9.59 Å². The van der Waals surface area contributed by atoms with E-state index in [1.807, 2.05) is 0 Å². The van der Waals surface area contributed by atoms with Gasteiger partial charge in [0.15, 0.2) is 0 Å². The van der Waals surface area contributed by atoms with Crippen molar-refractivity contribution in [3.63, 3.8) is 0 Å². The molecule has 2 aromatic carbocycles. The third-order valence-electron chi connectivity index (χ3n) is 3.49. The Balaban J connectivity index is 1.91. The minimum absolute atomic E-state index is 0.336. The summed E-state index contributed by atoms with van der Waals surface area (Å²) in [6, 6.07) is 11.8. The smallest absolute Gasteiger partial charge is 0.329 e. The quantitative estimate of drug-likeness (QED) is 0.316. The van der Waals surface area contributed by atoms with E-state index in [2.05, 4.69) is 22.4 Å². The molecule has 2 amide bonds. The fourth-order valence-corrected chi connectivity index (χ4v) is 2.10. The Hall–Kier alpha value is -3.81. The molecule has 28 heavy (non-hydrogen) atoms. The second-order valence-corrected chi connectivity index (χ2v) is 5.39. The molecule has 0 bridgehead atoms. The predicted molar refractivity (Wildman–Crippen MR) is 106 cm³/mol. The number of rotatable bonds is 8. The molecule has 0 fully saturated rings. The first-order chi connectivity index (χ1) is 13.6. The third-order valence-corrected chi connectivity index (χ3v) is 3.49. The van der Waals surface area contributed by atoms with Crippen LogP contribution in [0.1, 0.15) is 5.56 Å². The molecule has 0 saturated carbocycles. The molecule has 0 heterocycles. The van der Waals surface area contributed by atoms with Gasteiger partial charge in [0.1, 0.15) is 23.9 Å². The number of carbonyl (C=O) groups is 2. The molecule has 0 saturated heterocycles. The number of amides is 2. The zero-order valence-corrected chi connectivity index (χ0v) is 15.6. The summed E-state index contributed by atoms with van der Waals surface area (Å²) in [7, 11) is 2.96. The highest BCUT2D eigenvalue weighted by Gasteiger charge is 2.15. The lowest BCUT2D eigenvalue weighted by atomic mass is 10.2. The molecule has 0 aromatic heterocycles. The molecule has 0 atom stereocenters. The van der Waals surface area contributed by atoms with E-state index in [0.29, 0.717) is 29.5 Å². The summed E-state index contributed by atoms with van der Waals surface area (Å²) < 4.78 is 15.6. The van der Waals surface area contributed by atoms with Gasteiger partial charge in [0.05, 0.1) is 26.1 Å². The molecule has 2 rings (SSSR count). The summed E-state index contributed by atoms with van der Waals surface area (Å²) in [6.07, 6.45) is 3.06. The molecule has 2 aromatic rings. The maximum absolute atomic E-state index is 12.0. The molecular weight excluding hydrogens is 362 g/mol. The molecule has 2 N–H and O–H groups in total. The molecule has 0 spiro atoms. The summed E-state index contributed by atoms with van der Waals surface area (Å²) in [5, 5.41) is 6.23. The van der Waals surface area contributed by atoms with Crippen LogP contribution in [0.25, 0.3) is 0 Å². The van der Waals surface area contributed by atoms with Gasteiger partial charge in [-0.25, -0.2) is 5.43 Å². The van der Waals surface area contributed by atoms with Crippen molar-refractivity contribution in [1.29, 1.82) is 0 Å². The topological polar surface area (TPSA) is 98.2 Å². The SMILES string of the molecule is C=CCOc1ccc(/C=N/NC(=O)C(=O)Nc2ccc(OC)cc2OC)cc1. The summed E-state index contributed by atoms with van der Waals surface area (Å²) >= 11 is 0. The highest BCUT2D eigenvalue weighted by molar-refractivity contribution is 6.39. The molecule has 0 aliphatic carbocycles. The maximum atomic E-state index is 12.0. The molecule has 0 aliphatic rings. The van der Waals surface area contributed by atoms with E-state index in [4.69, 9.17) is 14.2 Å². The van der Waals surface area contributed by atoms with Gasteiger partial charge < -0.3 is 19.5 Å². The van der Waals surface area contributed by atoms with E-state index in [1.165, 1.54) is 20.4 Å². The van der Waals surface area contributed by atoms with Crippen molar-refractivity contribution in [2.24, 2.45) is 5.10 Å². The van der Waals surface area contributed by atoms with Crippen molar-refractivity contribution >= 4 is 23.7 Å². The Morgan fingerprint density at radius 2 is 1.75 bits per heavy atom. The third kappa shape index (κ3) is 5.87. The van der Waals surface area contributed by atoms with Crippen LogP contribution in [0.4, 0.5) is 5.69 Å². The number of nitrogens with one attached hydrogen (secondary N) is 2. The Morgan fingerprint density at radius 1 is 1.04 bits per heavy atom. The summed E-state index contributed by atoms with van der Waals surface area (Å²) in [6.45, 7) is 3.99. The van der Waals surface area contributed by atoms with Crippen molar-refractivity contribution < 1.29 is 23.8 Å². The first-order valence-electron chi connectivity index (χ1n) is 8.27. The molecule has 0 aliphatic heterocycles. The number of methoxy groups -OCH3 is 2. The van der Waals surface area contributed by atoms with Crippen LogP contribution in [0.15, 0.2) is 60.2 Å². The van der Waals surface area contributed by atoms with E-state index in [0.717, 1.165) is 5.56 Å². The first kappa shape index (κ1) is 20.5. The zero-order chi connectivity index (χ0) is 20.4. The van der Waals surface area contributed by atoms with Crippen LogP contribution in [0.2, 0.25) is 0 Å². The zero-order valence-electron chi connectivity index (χ0n) is 15.6. The maximum Gasteiger partial charge on any atom is 0.329 e. The van der Waals surface area contributed by atoms with Gasteiger partial charge in [-0.1, -0.05) is 12.7 Å². The van der Waals surface area contributed by atoms with E-state index in [1.54, 1.807) is 48.5 Å². The van der Waals surface area contributed by atoms with Crippen molar-refractivity contribution in [2.45, 2.75) is 0 Å². The molecule has 0 unspecified atom stereocenters. The van der Waals surface area contributed by atoms with Crippen LogP contribution in [-0.2, 0) is 9.59 Å². The average Bonchev–Trinajstić information content (AvgIpc) is 2.73. The second-order valence-electron chi connectivity index (χ2n) is 5.39. The number of nitrogens with zero attached hydrogens (tertiary/aromatic N) is 1. The second kappa shape index (κ2) is 10.4. The van der Waals surface area contributed by atoms with Gasteiger partial charge in [0, 0.05) is 6.07 Å². The van der Waals surface area contributed by atoms with Gasteiger partial charge in [0.25, 0.3) is 0 Å². The molecule has 8 nitrogen and oxygen atoms in total. The number of benzene rings is 2. The van der Waals surface area contributed by atoms with E-state index in [9.17, 15) is 9.59 Å². The van der Waals surface area contributed by atoms with Crippen molar-refractivity contribution in [3.05, 3.63) is 60.7 Å². The van der Waals surface area contributed by atoms with Gasteiger partial charge in [-0.15, -0.1) is 0 Å². The van der Waals surface area contributed by atoms with Gasteiger partial charge >= 0.3 is 11.8 Å². The molecule has 8 heteroatoms. The summed E-state index contributed by atoms with van der Waals surface area (Å²) in [5.74, 6) is -0.185. The van der Waals surface area contributed by atoms with Gasteiger partial charge in [0.2, 0.25) is 0 Å². The molecule has 0 radical (unpaired) electrons. The Kier molecular flexibility index (Phi) is 7.59. The van der Waals surface area contributed by atoms with Crippen molar-refractivity contribution in [3.8, 4) is 17.2 Å². The Labute approximate surface area is 162 Å². The lowest BCUT2D eigenvalue weighted by Gasteiger charge is -2.10. The van der Waals surface area contributed by atoms with Gasteiger partial charge in [-0.2, -0.15) is 5.10 Å². The van der Waals surface area contributed by atoms with Gasteiger partial charge in [-0.05, 0) is 42.0 Å². The highest BCUT2D eigenvalue weighted by atomic mass is 16.5. The van der Waals surface area contributed by atoms with Crippen LogP contribution in [-0.4, -0.2) is 38.9 Å². The number of hydrogen-bond donors (Lipinski definition) is 2. The van der Waals surface area contributed by atoms with Crippen LogP contribution >= 0.6 is 0 Å². The first-order valence-corrected chi connectivity index (χ1v) is 8.27. The number of anilines is 1. The van der Waals surface area contributed by atoms with Crippen molar-refractivity contribution in [2.75, 3.05) is 26.1 Å². The van der Waals surface area contributed by atoms with E-state index in [-0.39, 0.29) is 0 Å². The fourth-order valence-electron chi connectivity index (χ4n) is 2.10. The lowest BCUT2D eigenvalue weighted by molar-refractivity contribution is -0.136. The van der Waals surface area contributed by atoms with Crippen LogP contribution in [0, 0.1) is 0 Å². The lowest BCUT2D eigenvalue weighted by Crippen LogP contribution is -2.32. The Morgan fingerprint density at radius 3 is 2.39 bits per heavy atom. The number of hydrazone groups is 1. The van der Waals surface area contributed by atoms with E-state index >= 15 is 0 Å². The average molecular weight is 383 g/mol. The monoisotopic (exact) mass is 383 g/mol. The predicted octanol–water partition coefficient (Wildman–Crippen LogP) is 2.36. The molecular formula is C20H21N3O5. The molecule has 146 valence electrons. The standard InChI is InChI=1S/C20H21N3O5/c1-4-11-28-15-7-5-14(6-8-15)13-21-23-20(25)19(24)22-17-10-9-16(26-2)12-18(17)27-3/h4-10,12-13H,1,11H2,2-3H3,(H,22,24)(H,23,25)/b21-13+. The largest absolute Gasteiger partial charge is 0.497 e. The van der Waals surface area contributed by atoms with Crippen LogP contribution < -0.4 is 25.0 Å². The highest BCUT2D eigenvalue weighted by Crippen LogP contribution is 2.28. The minimum atomic E-state index is -0.917. The summed E-state index contributed by atoms with van der Waals surface area (Å²) in [4.78, 5) is 23.9. The Bertz CT molecular complexity index is 863. The van der Waals surface area contributed by atoms with Crippen molar-refractivity contribution in [1.82, 2.24) is 5.43 Å². The number of hydrogen-bond acceptors (Lipinski definition) is 6. The normalized spacial score (nSPS) is 10.2. The summed E-state index contributed by atoms with van der Waals surface area (Å²) in [5.41, 5.74) is 3.23. The van der Waals surface area contributed by atoms with Crippen LogP contribution in [0.3, 0.4) is 0 Å². The number of ether oxygens (including phenoxy) is 3. The minimum Gasteiger partial charge on any atom is -0.497 e. The fraction of sp³-hybridized carbons (Fsp3) is 0.150. The number of carbonyl (C=O) groups excluding carboxylic acids is 2. The van der Waals surface area contributed by atoms with Crippen LogP contribution in [0.5, 0.6) is 17.2 Å².